The number of aromatic nitrogens is 2. The number of rotatable bonds is 5. The van der Waals surface area contributed by atoms with Gasteiger partial charge >= 0.3 is 0 Å². The Kier molecular flexibility index (Phi) is 4.81. The highest BCUT2D eigenvalue weighted by atomic mass is 16.5. The van der Waals surface area contributed by atoms with Crippen molar-refractivity contribution < 1.29 is 9.32 Å². The van der Waals surface area contributed by atoms with Gasteiger partial charge in [0.1, 0.15) is 0 Å². The molecule has 1 aromatic heterocycles. The maximum absolute atomic E-state index is 12.1. The highest BCUT2D eigenvalue weighted by molar-refractivity contribution is 5.91. The number of carbonyl (C=O) groups is 1. The summed E-state index contributed by atoms with van der Waals surface area (Å²) in [6, 6.07) is 19.2. The molecule has 120 valence electrons. The van der Waals surface area contributed by atoms with Gasteiger partial charge in [-0.15, -0.1) is 0 Å². The molecular weight excluding hydrogens is 302 g/mol. The molecule has 0 aliphatic rings. The third kappa shape index (κ3) is 3.95. The van der Waals surface area contributed by atoms with E-state index in [9.17, 15) is 4.79 Å². The van der Waals surface area contributed by atoms with Crippen LogP contribution >= 0.6 is 0 Å². The first-order valence-electron chi connectivity index (χ1n) is 7.58. The first-order chi connectivity index (χ1) is 11.7. The van der Waals surface area contributed by atoms with Crippen molar-refractivity contribution in [3.05, 3.63) is 78.2 Å². The summed E-state index contributed by atoms with van der Waals surface area (Å²) in [7, 11) is 1.70. The highest BCUT2D eigenvalue weighted by Gasteiger charge is 2.12. The van der Waals surface area contributed by atoms with Crippen molar-refractivity contribution in [3.63, 3.8) is 0 Å². The molecular formula is C19H17N3O2. The molecule has 0 fully saturated rings. The average molecular weight is 319 g/mol. The lowest BCUT2D eigenvalue weighted by atomic mass is 10.2. The van der Waals surface area contributed by atoms with Crippen LogP contribution in [0.3, 0.4) is 0 Å². The second-order valence-corrected chi connectivity index (χ2v) is 5.32. The molecule has 5 nitrogen and oxygen atoms in total. The van der Waals surface area contributed by atoms with Crippen molar-refractivity contribution in [2.24, 2.45) is 0 Å². The molecule has 3 rings (SSSR count). The molecule has 0 aliphatic heterocycles. The quantitative estimate of drug-likeness (QED) is 0.676. The highest BCUT2D eigenvalue weighted by Crippen LogP contribution is 2.15. The first-order valence-corrected chi connectivity index (χ1v) is 7.58. The normalized spacial score (nSPS) is 10.9. The van der Waals surface area contributed by atoms with Gasteiger partial charge in [0, 0.05) is 18.7 Å². The standard InChI is InChI=1S/C19H17N3O2/c1-22(18(23)13-12-15-8-4-2-5-9-15)14-17-20-19(21-24-17)16-10-6-3-7-11-16/h2-13H,14H2,1H3/b13-12+. The molecule has 0 atom stereocenters. The van der Waals surface area contributed by atoms with Crippen LogP contribution in [-0.2, 0) is 11.3 Å². The van der Waals surface area contributed by atoms with Gasteiger partial charge in [0.25, 0.3) is 0 Å². The summed E-state index contributed by atoms with van der Waals surface area (Å²) < 4.78 is 5.22. The van der Waals surface area contributed by atoms with E-state index in [-0.39, 0.29) is 12.5 Å². The molecule has 1 heterocycles. The molecule has 0 N–H and O–H groups in total. The Morgan fingerprint density at radius 2 is 1.75 bits per heavy atom. The lowest BCUT2D eigenvalue weighted by Crippen LogP contribution is -2.24. The van der Waals surface area contributed by atoms with Gasteiger partial charge in [-0.05, 0) is 11.6 Å². The fraction of sp³-hybridized carbons (Fsp3) is 0.105. The first kappa shape index (κ1) is 15.7. The van der Waals surface area contributed by atoms with E-state index in [0.717, 1.165) is 11.1 Å². The number of hydrogen-bond acceptors (Lipinski definition) is 4. The minimum atomic E-state index is -0.127. The second-order valence-electron chi connectivity index (χ2n) is 5.32. The van der Waals surface area contributed by atoms with E-state index in [1.165, 1.54) is 11.0 Å². The van der Waals surface area contributed by atoms with Gasteiger partial charge in [-0.25, -0.2) is 0 Å². The lowest BCUT2D eigenvalue weighted by molar-refractivity contribution is -0.125. The zero-order valence-corrected chi connectivity index (χ0v) is 13.3. The lowest BCUT2D eigenvalue weighted by Gasteiger charge is -2.11. The smallest absolute Gasteiger partial charge is 0.246 e. The summed E-state index contributed by atoms with van der Waals surface area (Å²) in [5, 5.41) is 3.95. The molecule has 0 unspecified atom stereocenters. The number of nitrogens with zero attached hydrogens (tertiary/aromatic N) is 3. The number of hydrogen-bond donors (Lipinski definition) is 0. The zero-order valence-electron chi connectivity index (χ0n) is 13.3. The summed E-state index contributed by atoms with van der Waals surface area (Å²) >= 11 is 0. The number of carbonyl (C=O) groups excluding carboxylic acids is 1. The van der Waals surface area contributed by atoms with E-state index >= 15 is 0 Å². The summed E-state index contributed by atoms with van der Waals surface area (Å²) in [6.45, 7) is 0.262. The van der Waals surface area contributed by atoms with Gasteiger partial charge in [0.15, 0.2) is 0 Å². The summed E-state index contributed by atoms with van der Waals surface area (Å²) in [5.41, 5.74) is 1.86. The number of amides is 1. The van der Waals surface area contributed by atoms with Crippen molar-refractivity contribution in [1.29, 1.82) is 0 Å². The molecule has 0 bridgehead atoms. The predicted molar refractivity (Wildman–Crippen MR) is 91.7 cm³/mol. The fourth-order valence-electron chi connectivity index (χ4n) is 2.16. The molecule has 0 aliphatic carbocycles. The van der Waals surface area contributed by atoms with Gasteiger partial charge in [-0.1, -0.05) is 65.8 Å². The minimum Gasteiger partial charge on any atom is -0.337 e. The van der Waals surface area contributed by atoms with Crippen LogP contribution in [0.15, 0.2) is 71.3 Å². The molecule has 3 aromatic rings. The predicted octanol–water partition coefficient (Wildman–Crippen LogP) is 3.41. The van der Waals surface area contributed by atoms with Gasteiger partial charge in [-0.2, -0.15) is 4.98 Å². The maximum Gasteiger partial charge on any atom is 0.246 e. The van der Waals surface area contributed by atoms with Crippen molar-refractivity contribution in [1.82, 2.24) is 15.0 Å². The summed E-state index contributed by atoms with van der Waals surface area (Å²) in [4.78, 5) is 18.0. The van der Waals surface area contributed by atoms with Gasteiger partial charge in [0.2, 0.25) is 17.6 Å². The molecule has 0 saturated carbocycles. The summed E-state index contributed by atoms with van der Waals surface area (Å²) in [5.74, 6) is 0.794. The van der Waals surface area contributed by atoms with Crippen LogP contribution in [0.1, 0.15) is 11.5 Å². The largest absolute Gasteiger partial charge is 0.337 e. The van der Waals surface area contributed by atoms with Crippen LogP contribution < -0.4 is 0 Å². The Hall–Kier alpha value is -3.21. The monoisotopic (exact) mass is 319 g/mol. The SMILES string of the molecule is CN(Cc1nc(-c2ccccc2)no1)C(=O)/C=C/c1ccccc1. The van der Waals surface area contributed by atoms with E-state index in [0.29, 0.717) is 11.7 Å². The molecule has 0 saturated heterocycles. The van der Waals surface area contributed by atoms with Crippen LogP contribution in [-0.4, -0.2) is 28.0 Å². The van der Waals surface area contributed by atoms with Crippen molar-refractivity contribution in [2.75, 3.05) is 7.05 Å². The van der Waals surface area contributed by atoms with Gasteiger partial charge in [-0.3, -0.25) is 4.79 Å². The van der Waals surface area contributed by atoms with E-state index in [1.807, 2.05) is 60.7 Å². The van der Waals surface area contributed by atoms with E-state index in [4.69, 9.17) is 4.52 Å². The molecule has 1 amide bonds. The molecule has 5 heteroatoms. The number of benzene rings is 2. The van der Waals surface area contributed by atoms with E-state index in [1.54, 1.807) is 13.1 Å². The van der Waals surface area contributed by atoms with Crippen LogP contribution in [0.25, 0.3) is 17.5 Å². The Morgan fingerprint density at radius 1 is 1.08 bits per heavy atom. The molecule has 0 radical (unpaired) electrons. The van der Waals surface area contributed by atoms with Gasteiger partial charge < -0.3 is 9.42 Å². The number of likely N-dealkylation sites (N-methyl/N-ethyl adjacent to an activating group) is 1. The fourth-order valence-corrected chi connectivity index (χ4v) is 2.16. The van der Waals surface area contributed by atoms with Crippen molar-refractivity contribution in [3.8, 4) is 11.4 Å². The molecule has 24 heavy (non-hydrogen) atoms. The maximum atomic E-state index is 12.1. The van der Waals surface area contributed by atoms with Crippen LogP contribution in [0.5, 0.6) is 0 Å². The minimum absolute atomic E-state index is 0.127. The van der Waals surface area contributed by atoms with Crippen LogP contribution in [0.4, 0.5) is 0 Å². The Balaban J connectivity index is 1.62. The molecule has 2 aromatic carbocycles. The van der Waals surface area contributed by atoms with Crippen LogP contribution in [0, 0.1) is 0 Å². The Morgan fingerprint density at radius 3 is 2.46 bits per heavy atom. The van der Waals surface area contributed by atoms with Crippen molar-refractivity contribution in [2.45, 2.75) is 6.54 Å². The summed E-state index contributed by atoms with van der Waals surface area (Å²) in [6.07, 6.45) is 3.31. The second kappa shape index (κ2) is 7.37. The van der Waals surface area contributed by atoms with Crippen molar-refractivity contribution >= 4 is 12.0 Å². The van der Waals surface area contributed by atoms with E-state index < -0.39 is 0 Å². The van der Waals surface area contributed by atoms with E-state index in [2.05, 4.69) is 10.1 Å². The van der Waals surface area contributed by atoms with Gasteiger partial charge in [0.05, 0.1) is 6.54 Å². The molecule has 0 spiro atoms. The van der Waals surface area contributed by atoms with Crippen LogP contribution in [0.2, 0.25) is 0 Å². The average Bonchev–Trinajstić information content (AvgIpc) is 3.10. The topological polar surface area (TPSA) is 59.2 Å². The Bertz CT molecular complexity index is 826. The third-order valence-electron chi connectivity index (χ3n) is 3.47. The third-order valence-corrected chi connectivity index (χ3v) is 3.47. The zero-order chi connectivity index (χ0) is 16.8. The Labute approximate surface area is 140 Å².